The van der Waals surface area contributed by atoms with Crippen LogP contribution in [0.1, 0.15) is 60.4 Å². The summed E-state index contributed by atoms with van der Waals surface area (Å²) in [5, 5.41) is 6.39. The van der Waals surface area contributed by atoms with Crippen LogP contribution in [0, 0.1) is 11.6 Å². The van der Waals surface area contributed by atoms with E-state index in [1.54, 1.807) is 0 Å². The molecule has 2 amide bonds. The van der Waals surface area contributed by atoms with Gasteiger partial charge in [0.05, 0.1) is 0 Å². The molecule has 2 aliphatic rings. The molecule has 1 saturated heterocycles. The van der Waals surface area contributed by atoms with E-state index >= 15 is 0 Å². The Hall–Kier alpha value is -2.80. The second kappa shape index (κ2) is 10.9. The van der Waals surface area contributed by atoms with E-state index in [9.17, 15) is 18.4 Å². The number of rotatable bonds is 9. The number of carbonyl (C=O) groups excluding carboxylic acids is 2. The molecule has 1 heterocycles. The number of hydrogen-bond acceptors (Lipinski definition) is 3. The summed E-state index contributed by atoms with van der Waals surface area (Å²) >= 11 is 0. The Bertz CT molecular complexity index is 943. The molecule has 2 fully saturated rings. The predicted octanol–water partition coefficient (Wildman–Crippen LogP) is 4.00. The number of halogens is 2. The number of piperidine rings is 1. The molecule has 0 bridgehead atoms. The Morgan fingerprint density at radius 3 is 2.24 bits per heavy atom. The van der Waals surface area contributed by atoms with Crippen LogP contribution in [0.15, 0.2) is 48.5 Å². The lowest BCUT2D eigenvalue weighted by molar-refractivity contribution is -0.134. The minimum atomic E-state index is -0.602. The van der Waals surface area contributed by atoms with E-state index in [1.165, 1.54) is 36.4 Å². The number of nitrogens with one attached hydrogen (secondary N) is 2. The maximum Gasteiger partial charge on any atom is 0.251 e. The fourth-order valence-corrected chi connectivity index (χ4v) is 4.53. The first-order chi connectivity index (χ1) is 16.0. The van der Waals surface area contributed by atoms with E-state index in [-0.39, 0.29) is 17.6 Å². The molecule has 1 aliphatic carbocycles. The third-order valence-corrected chi connectivity index (χ3v) is 6.54. The molecule has 2 aromatic carbocycles. The summed E-state index contributed by atoms with van der Waals surface area (Å²) in [6.07, 6.45) is 5.38. The van der Waals surface area contributed by atoms with Crippen LogP contribution in [0.2, 0.25) is 0 Å². The molecule has 0 radical (unpaired) electrons. The number of hydrogen-bond donors (Lipinski definition) is 2. The van der Waals surface area contributed by atoms with Gasteiger partial charge in [-0.1, -0.05) is 12.1 Å². The lowest BCUT2D eigenvalue weighted by Gasteiger charge is -2.31. The first kappa shape index (κ1) is 23.4. The van der Waals surface area contributed by atoms with Crippen LogP contribution >= 0.6 is 0 Å². The Morgan fingerprint density at radius 2 is 1.58 bits per heavy atom. The van der Waals surface area contributed by atoms with E-state index in [2.05, 4.69) is 10.6 Å². The van der Waals surface area contributed by atoms with Gasteiger partial charge >= 0.3 is 0 Å². The Labute approximate surface area is 193 Å². The molecule has 2 N–H and O–H groups in total. The zero-order chi connectivity index (χ0) is 23.2. The van der Waals surface area contributed by atoms with Crippen molar-refractivity contribution in [1.29, 1.82) is 0 Å². The van der Waals surface area contributed by atoms with Gasteiger partial charge in [0.1, 0.15) is 17.7 Å². The van der Waals surface area contributed by atoms with Crippen molar-refractivity contribution < 1.29 is 18.4 Å². The van der Waals surface area contributed by atoms with Crippen molar-refractivity contribution in [3.8, 4) is 0 Å². The van der Waals surface area contributed by atoms with Crippen LogP contribution in [0.25, 0.3) is 0 Å². The Kier molecular flexibility index (Phi) is 7.70. The molecule has 1 saturated carbocycles. The van der Waals surface area contributed by atoms with E-state index in [4.69, 9.17) is 0 Å². The second-order valence-corrected chi connectivity index (χ2v) is 9.02. The highest BCUT2D eigenvalue weighted by Crippen LogP contribution is 2.40. The van der Waals surface area contributed by atoms with E-state index < -0.39 is 11.9 Å². The van der Waals surface area contributed by atoms with Crippen LogP contribution in [-0.4, -0.2) is 48.4 Å². The average Bonchev–Trinajstić information content (AvgIpc) is 3.61. The molecule has 0 aromatic heterocycles. The van der Waals surface area contributed by atoms with E-state index in [0.717, 1.165) is 57.3 Å². The van der Waals surface area contributed by atoms with Gasteiger partial charge in [0.15, 0.2) is 0 Å². The maximum absolute atomic E-state index is 13.2. The quantitative estimate of drug-likeness (QED) is 0.562. The Balaban J connectivity index is 1.29. The highest BCUT2D eigenvalue weighted by Gasteiger charge is 2.37. The average molecular weight is 456 g/mol. The normalized spacial score (nSPS) is 20.8. The van der Waals surface area contributed by atoms with Gasteiger partial charge < -0.3 is 15.5 Å². The number of carbonyl (C=O) groups is 2. The molecule has 0 spiro atoms. The van der Waals surface area contributed by atoms with Crippen LogP contribution in [0.4, 0.5) is 8.78 Å². The maximum atomic E-state index is 13.2. The van der Waals surface area contributed by atoms with Crippen LogP contribution in [0.5, 0.6) is 0 Å². The first-order valence-electron chi connectivity index (χ1n) is 11.9. The number of benzene rings is 2. The molecule has 176 valence electrons. The van der Waals surface area contributed by atoms with Crippen molar-refractivity contribution in [1.82, 2.24) is 15.5 Å². The lowest BCUT2D eigenvalue weighted by Crippen LogP contribution is -2.50. The number of likely N-dealkylation sites (tertiary alicyclic amines) is 1. The van der Waals surface area contributed by atoms with Crippen molar-refractivity contribution in [2.24, 2.45) is 0 Å². The number of nitrogens with zero attached hydrogens (tertiary/aromatic N) is 1. The lowest BCUT2D eigenvalue weighted by atomic mass is 10.1. The Morgan fingerprint density at radius 1 is 0.939 bits per heavy atom. The summed E-state index contributed by atoms with van der Waals surface area (Å²) in [7, 11) is 0. The SMILES string of the molecule is O=C(N[C@@H](CCCN[C@@H]1C[C@H]1c1ccc(F)cc1)C(=O)N1CCCCC1)c1ccc(F)cc1. The third kappa shape index (κ3) is 6.38. The predicted molar refractivity (Wildman–Crippen MR) is 123 cm³/mol. The summed E-state index contributed by atoms with van der Waals surface area (Å²) < 4.78 is 26.3. The number of amides is 2. The van der Waals surface area contributed by atoms with E-state index in [1.807, 2.05) is 17.0 Å². The minimum absolute atomic E-state index is 0.0410. The van der Waals surface area contributed by atoms with Crippen molar-refractivity contribution in [2.75, 3.05) is 19.6 Å². The highest BCUT2D eigenvalue weighted by atomic mass is 19.1. The van der Waals surface area contributed by atoms with Crippen LogP contribution < -0.4 is 10.6 Å². The zero-order valence-corrected chi connectivity index (χ0v) is 18.7. The van der Waals surface area contributed by atoms with Gasteiger partial charge in [0.2, 0.25) is 5.91 Å². The molecular weight excluding hydrogens is 424 g/mol. The van der Waals surface area contributed by atoms with Gasteiger partial charge in [0, 0.05) is 30.6 Å². The fraction of sp³-hybridized carbons (Fsp3) is 0.462. The topological polar surface area (TPSA) is 61.4 Å². The standard InChI is InChI=1S/C26H31F2N3O2/c27-20-10-6-18(7-11-20)22-17-24(22)29-14-4-5-23(26(33)31-15-2-1-3-16-31)30-25(32)19-8-12-21(28)13-9-19/h6-13,22-24,29H,1-5,14-17H2,(H,30,32)/t22-,23-,24+/m0/s1. The first-order valence-corrected chi connectivity index (χ1v) is 11.9. The van der Waals surface area contributed by atoms with Crippen LogP contribution in [-0.2, 0) is 4.79 Å². The fourth-order valence-electron chi connectivity index (χ4n) is 4.53. The molecule has 3 atom stereocenters. The van der Waals surface area contributed by atoms with Gasteiger partial charge in [-0.3, -0.25) is 9.59 Å². The molecule has 7 heteroatoms. The summed E-state index contributed by atoms with van der Waals surface area (Å²) in [5.41, 5.74) is 1.48. The smallest absolute Gasteiger partial charge is 0.251 e. The zero-order valence-electron chi connectivity index (χ0n) is 18.7. The molecule has 2 aromatic rings. The molecule has 4 rings (SSSR count). The van der Waals surface area contributed by atoms with Crippen molar-refractivity contribution in [3.63, 3.8) is 0 Å². The summed E-state index contributed by atoms with van der Waals surface area (Å²) in [4.78, 5) is 27.7. The largest absolute Gasteiger partial charge is 0.341 e. The van der Waals surface area contributed by atoms with Gasteiger partial charge in [-0.05, 0) is 87.0 Å². The monoisotopic (exact) mass is 455 g/mol. The molecular formula is C26H31F2N3O2. The van der Waals surface area contributed by atoms with Crippen molar-refractivity contribution in [3.05, 3.63) is 71.3 Å². The van der Waals surface area contributed by atoms with E-state index in [0.29, 0.717) is 23.9 Å². The summed E-state index contributed by atoms with van der Waals surface area (Å²) in [5.74, 6) is -0.638. The van der Waals surface area contributed by atoms with Gasteiger partial charge in [-0.15, -0.1) is 0 Å². The third-order valence-electron chi connectivity index (χ3n) is 6.54. The molecule has 1 aliphatic heterocycles. The second-order valence-electron chi connectivity index (χ2n) is 9.02. The van der Waals surface area contributed by atoms with Crippen molar-refractivity contribution >= 4 is 11.8 Å². The summed E-state index contributed by atoms with van der Waals surface area (Å²) in [6.45, 7) is 2.18. The van der Waals surface area contributed by atoms with Gasteiger partial charge in [-0.2, -0.15) is 0 Å². The summed E-state index contributed by atoms with van der Waals surface area (Å²) in [6, 6.07) is 11.8. The van der Waals surface area contributed by atoms with Crippen LogP contribution in [0.3, 0.4) is 0 Å². The van der Waals surface area contributed by atoms with Crippen molar-refractivity contribution in [2.45, 2.75) is 56.5 Å². The minimum Gasteiger partial charge on any atom is -0.341 e. The highest BCUT2D eigenvalue weighted by molar-refractivity contribution is 5.97. The van der Waals surface area contributed by atoms with Gasteiger partial charge in [-0.25, -0.2) is 8.78 Å². The molecule has 33 heavy (non-hydrogen) atoms. The molecule has 0 unspecified atom stereocenters. The van der Waals surface area contributed by atoms with Gasteiger partial charge in [0.25, 0.3) is 5.91 Å². The molecule has 5 nitrogen and oxygen atoms in total.